The highest BCUT2D eigenvalue weighted by Gasteiger charge is 2.23. The van der Waals surface area contributed by atoms with Crippen molar-refractivity contribution in [1.82, 2.24) is 5.32 Å². The van der Waals surface area contributed by atoms with Crippen molar-refractivity contribution >= 4 is 16.7 Å². The molecule has 2 rings (SSSR count). The van der Waals surface area contributed by atoms with E-state index < -0.39 is 10.8 Å². The van der Waals surface area contributed by atoms with Crippen molar-refractivity contribution in [3.8, 4) is 0 Å². The highest BCUT2D eigenvalue weighted by atomic mass is 32.2. The molecule has 0 saturated carbocycles. The summed E-state index contributed by atoms with van der Waals surface area (Å²) in [5.41, 5.74) is 1.01. The Kier molecular flexibility index (Phi) is 4.91. The molecule has 1 aromatic rings. The summed E-state index contributed by atoms with van der Waals surface area (Å²) in [4.78, 5) is 12.2. The van der Waals surface area contributed by atoms with E-state index in [0.717, 1.165) is 18.4 Å². The van der Waals surface area contributed by atoms with Gasteiger partial charge in [0, 0.05) is 28.7 Å². The standard InChI is InChI=1S/C15H19NO2S/c1-19(18)11-14(12-7-3-2-4-8-12)16-15(17)13-9-5-6-10-13/h2-8,13-14H,9-11H2,1H3,(H,16,17). The van der Waals surface area contributed by atoms with Crippen molar-refractivity contribution in [1.29, 1.82) is 0 Å². The van der Waals surface area contributed by atoms with Gasteiger partial charge in [-0.1, -0.05) is 42.5 Å². The van der Waals surface area contributed by atoms with Crippen LogP contribution in [0.25, 0.3) is 0 Å². The second-order valence-electron chi connectivity index (χ2n) is 4.85. The Morgan fingerprint density at radius 2 is 1.95 bits per heavy atom. The topological polar surface area (TPSA) is 46.2 Å². The molecule has 2 atom stereocenters. The lowest BCUT2D eigenvalue weighted by atomic mass is 10.0. The van der Waals surface area contributed by atoms with E-state index in [1.54, 1.807) is 6.26 Å². The molecule has 1 N–H and O–H groups in total. The van der Waals surface area contributed by atoms with Gasteiger partial charge in [-0.05, 0) is 18.4 Å². The number of amides is 1. The molecule has 1 aromatic carbocycles. The summed E-state index contributed by atoms with van der Waals surface area (Å²) in [5.74, 6) is 0.552. The van der Waals surface area contributed by atoms with Gasteiger partial charge in [-0.25, -0.2) is 0 Å². The molecular weight excluding hydrogens is 258 g/mol. The van der Waals surface area contributed by atoms with Gasteiger partial charge >= 0.3 is 0 Å². The summed E-state index contributed by atoms with van der Waals surface area (Å²) in [6, 6.07) is 9.57. The molecule has 0 aliphatic heterocycles. The second kappa shape index (κ2) is 6.66. The number of allylic oxidation sites excluding steroid dienone is 2. The van der Waals surface area contributed by atoms with Crippen LogP contribution in [-0.2, 0) is 15.6 Å². The van der Waals surface area contributed by atoms with Gasteiger partial charge < -0.3 is 5.32 Å². The molecule has 0 heterocycles. The number of benzene rings is 1. The van der Waals surface area contributed by atoms with Crippen LogP contribution in [0.5, 0.6) is 0 Å². The van der Waals surface area contributed by atoms with Crippen LogP contribution in [0.2, 0.25) is 0 Å². The molecule has 0 fully saturated rings. The zero-order chi connectivity index (χ0) is 13.7. The van der Waals surface area contributed by atoms with Crippen LogP contribution in [0.15, 0.2) is 42.5 Å². The number of nitrogens with one attached hydrogen (secondary N) is 1. The average Bonchev–Trinajstić information content (AvgIpc) is 2.92. The summed E-state index contributed by atoms with van der Waals surface area (Å²) in [7, 11) is -0.944. The predicted molar refractivity (Wildman–Crippen MR) is 78.1 cm³/mol. The Morgan fingerprint density at radius 1 is 1.32 bits per heavy atom. The van der Waals surface area contributed by atoms with Crippen molar-refractivity contribution in [2.75, 3.05) is 12.0 Å². The van der Waals surface area contributed by atoms with Crippen molar-refractivity contribution < 1.29 is 9.00 Å². The van der Waals surface area contributed by atoms with Crippen LogP contribution in [0.4, 0.5) is 0 Å². The summed E-state index contributed by atoms with van der Waals surface area (Å²) >= 11 is 0. The van der Waals surface area contributed by atoms with Crippen LogP contribution in [0.1, 0.15) is 24.4 Å². The van der Waals surface area contributed by atoms with Crippen molar-refractivity contribution in [2.24, 2.45) is 5.92 Å². The maximum atomic E-state index is 12.2. The lowest BCUT2D eigenvalue weighted by Crippen LogP contribution is -2.35. The van der Waals surface area contributed by atoms with E-state index in [1.165, 1.54) is 0 Å². The normalized spacial score (nSPS) is 18.2. The first kappa shape index (κ1) is 14.0. The minimum Gasteiger partial charge on any atom is -0.348 e. The van der Waals surface area contributed by atoms with E-state index in [1.807, 2.05) is 42.5 Å². The van der Waals surface area contributed by atoms with Crippen molar-refractivity contribution in [2.45, 2.75) is 18.9 Å². The van der Waals surface area contributed by atoms with E-state index in [2.05, 4.69) is 5.32 Å². The predicted octanol–water partition coefficient (Wildman–Crippen LogP) is 2.19. The molecule has 0 saturated heterocycles. The fourth-order valence-electron chi connectivity index (χ4n) is 2.26. The fraction of sp³-hybridized carbons (Fsp3) is 0.400. The summed E-state index contributed by atoms with van der Waals surface area (Å²) in [5, 5.41) is 3.03. The summed E-state index contributed by atoms with van der Waals surface area (Å²) in [6.07, 6.45) is 7.36. The van der Waals surface area contributed by atoms with Gasteiger partial charge in [0.1, 0.15) is 0 Å². The first-order valence-corrected chi connectivity index (χ1v) is 8.20. The molecule has 1 amide bonds. The third kappa shape index (κ3) is 4.03. The molecule has 0 aromatic heterocycles. The Morgan fingerprint density at radius 3 is 2.53 bits per heavy atom. The molecule has 1 aliphatic carbocycles. The van der Waals surface area contributed by atoms with Crippen molar-refractivity contribution in [3.05, 3.63) is 48.0 Å². The van der Waals surface area contributed by atoms with Gasteiger partial charge in [0.2, 0.25) is 5.91 Å². The van der Waals surface area contributed by atoms with Gasteiger partial charge in [0.25, 0.3) is 0 Å². The van der Waals surface area contributed by atoms with Crippen LogP contribution in [0.3, 0.4) is 0 Å². The lowest BCUT2D eigenvalue weighted by Gasteiger charge is -2.20. The molecule has 3 nitrogen and oxygen atoms in total. The van der Waals surface area contributed by atoms with E-state index in [4.69, 9.17) is 0 Å². The van der Waals surface area contributed by atoms with Gasteiger partial charge in [-0.2, -0.15) is 0 Å². The van der Waals surface area contributed by atoms with Crippen molar-refractivity contribution in [3.63, 3.8) is 0 Å². The number of carbonyl (C=O) groups excluding carboxylic acids is 1. The molecular formula is C15H19NO2S. The monoisotopic (exact) mass is 277 g/mol. The van der Waals surface area contributed by atoms with Crippen LogP contribution < -0.4 is 5.32 Å². The second-order valence-corrected chi connectivity index (χ2v) is 6.33. The van der Waals surface area contributed by atoms with E-state index in [0.29, 0.717) is 5.75 Å². The highest BCUT2D eigenvalue weighted by Crippen LogP contribution is 2.20. The maximum Gasteiger partial charge on any atom is 0.224 e. The fourth-order valence-corrected chi connectivity index (χ4v) is 3.01. The maximum absolute atomic E-state index is 12.2. The number of rotatable bonds is 5. The van der Waals surface area contributed by atoms with Gasteiger partial charge in [0.05, 0.1) is 6.04 Å². The SMILES string of the molecule is CS(=O)CC(NC(=O)C1CC=CC1)c1ccccc1. The van der Waals surface area contributed by atoms with Crippen LogP contribution in [0, 0.1) is 5.92 Å². The highest BCUT2D eigenvalue weighted by molar-refractivity contribution is 7.84. The first-order valence-electron chi connectivity index (χ1n) is 6.47. The number of hydrogen-bond acceptors (Lipinski definition) is 2. The Bertz CT molecular complexity index is 476. The third-order valence-corrected chi connectivity index (χ3v) is 4.10. The summed E-state index contributed by atoms with van der Waals surface area (Å²) in [6.45, 7) is 0. The molecule has 2 unspecified atom stereocenters. The smallest absolute Gasteiger partial charge is 0.224 e. The van der Waals surface area contributed by atoms with E-state index in [9.17, 15) is 9.00 Å². The molecule has 4 heteroatoms. The van der Waals surface area contributed by atoms with E-state index >= 15 is 0 Å². The molecule has 0 spiro atoms. The van der Waals surface area contributed by atoms with Gasteiger partial charge in [-0.3, -0.25) is 9.00 Å². The Balaban J connectivity index is 2.05. The zero-order valence-corrected chi connectivity index (χ0v) is 11.9. The average molecular weight is 277 g/mol. The molecule has 102 valence electrons. The van der Waals surface area contributed by atoms with Gasteiger partial charge in [-0.15, -0.1) is 0 Å². The molecule has 0 radical (unpaired) electrons. The molecule has 19 heavy (non-hydrogen) atoms. The van der Waals surface area contributed by atoms with Crippen LogP contribution >= 0.6 is 0 Å². The lowest BCUT2D eigenvalue weighted by molar-refractivity contribution is -0.125. The zero-order valence-electron chi connectivity index (χ0n) is 11.0. The first-order chi connectivity index (χ1) is 9.16. The minimum atomic E-state index is -0.944. The largest absolute Gasteiger partial charge is 0.348 e. The number of hydrogen-bond donors (Lipinski definition) is 1. The molecule has 1 aliphatic rings. The minimum absolute atomic E-state index is 0.0384. The third-order valence-electron chi connectivity index (χ3n) is 3.30. The summed E-state index contributed by atoms with van der Waals surface area (Å²) < 4.78 is 11.5. The number of carbonyl (C=O) groups is 1. The molecule has 0 bridgehead atoms. The van der Waals surface area contributed by atoms with Crippen LogP contribution in [-0.4, -0.2) is 22.1 Å². The Hall–Kier alpha value is -1.42. The van der Waals surface area contributed by atoms with Gasteiger partial charge in [0.15, 0.2) is 0 Å². The quantitative estimate of drug-likeness (QED) is 0.839. The van der Waals surface area contributed by atoms with E-state index in [-0.39, 0.29) is 17.9 Å². The Labute approximate surface area is 116 Å².